The molecule has 0 aliphatic rings. The highest BCUT2D eigenvalue weighted by Gasteiger charge is 2.09. The fourth-order valence-corrected chi connectivity index (χ4v) is 1.90. The molecule has 0 bridgehead atoms. The number of amides is 1. The summed E-state index contributed by atoms with van der Waals surface area (Å²) in [6.45, 7) is 4.00. The quantitative estimate of drug-likeness (QED) is 0.911. The topological polar surface area (TPSA) is 42.0 Å². The molecule has 19 heavy (non-hydrogen) atoms. The minimum absolute atomic E-state index is 0.0216. The van der Waals surface area contributed by atoms with Crippen LogP contribution in [0.25, 0.3) is 0 Å². The van der Waals surface area contributed by atoms with E-state index in [1.165, 1.54) is 5.56 Å². The fraction of sp³-hybridized carbons (Fsp3) is 0.250. The molecule has 2 aromatic rings. The van der Waals surface area contributed by atoms with Crippen LogP contribution in [-0.4, -0.2) is 10.9 Å². The van der Waals surface area contributed by atoms with E-state index in [1.807, 2.05) is 50.2 Å². The van der Waals surface area contributed by atoms with E-state index in [2.05, 4.69) is 10.3 Å². The number of aromatic nitrogens is 1. The second-order valence-corrected chi connectivity index (χ2v) is 4.74. The first-order valence-electron chi connectivity index (χ1n) is 6.40. The molecule has 0 spiro atoms. The third-order valence-electron chi connectivity index (χ3n) is 3.05. The van der Waals surface area contributed by atoms with Gasteiger partial charge in [-0.1, -0.05) is 35.9 Å². The molecule has 1 atom stereocenters. The highest BCUT2D eigenvalue weighted by molar-refractivity contribution is 5.79. The smallest absolute Gasteiger partial charge is 0.224 e. The third kappa shape index (κ3) is 3.91. The van der Waals surface area contributed by atoms with Crippen molar-refractivity contribution < 1.29 is 4.79 Å². The molecule has 0 saturated carbocycles. The molecule has 1 heterocycles. The largest absolute Gasteiger partial charge is 0.349 e. The summed E-state index contributed by atoms with van der Waals surface area (Å²) < 4.78 is 0. The van der Waals surface area contributed by atoms with Crippen LogP contribution in [0, 0.1) is 6.92 Å². The van der Waals surface area contributed by atoms with E-state index in [0.717, 1.165) is 11.1 Å². The Morgan fingerprint density at radius 2 is 2.00 bits per heavy atom. The molecule has 3 nitrogen and oxygen atoms in total. The average Bonchev–Trinajstić information content (AvgIpc) is 2.42. The van der Waals surface area contributed by atoms with E-state index < -0.39 is 0 Å². The summed E-state index contributed by atoms with van der Waals surface area (Å²) >= 11 is 0. The lowest BCUT2D eigenvalue weighted by Gasteiger charge is -2.13. The molecule has 2 rings (SSSR count). The minimum Gasteiger partial charge on any atom is -0.349 e. The SMILES string of the molecule is Cc1ccc(CC(=O)NC(C)c2cccnc2)cc1. The number of hydrogen-bond donors (Lipinski definition) is 1. The number of carbonyl (C=O) groups excluding carboxylic acids is 1. The van der Waals surface area contributed by atoms with Gasteiger partial charge in [-0.15, -0.1) is 0 Å². The first-order valence-corrected chi connectivity index (χ1v) is 6.40. The van der Waals surface area contributed by atoms with Gasteiger partial charge in [-0.2, -0.15) is 0 Å². The van der Waals surface area contributed by atoms with Crippen LogP contribution in [0.2, 0.25) is 0 Å². The fourth-order valence-electron chi connectivity index (χ4n) is 1.90. The molecule has 1 aromatic heterocycles. The Kier molecular flexibility index (Phi) is 4.29. The number of rotatable bonds is 4. The zero-order valence-corrected chi connectivity index (χ0v) is 11.3. The Hall–Kier alpha value is -2.16. The number of pyridine rings is 1. The van der Waals surface area contributed by atoms with Crippen molar-refractivity contribution in [3.63, 3.8) is 0 Å². The van der Waals surface area contributed by atoms with E-state index in [9.17, 15) is 4.79 Å². The Morgan fingerprint density at radius 1 is 1.26 bits per heavy atom. The lowest BCUT2D eigenvalue weighted by Crippen LogP contribution is -2.28. The van der Waals surface area contributed by atoms with Crippen molar-refractivity contribution in [1.29, 1.82) is 0 Å². The Balaban J connectivity index is 1.93. The van der Waals surface area contributed by atoms with E-state index in [4.69, 9.17) is 0 Å². The van der Waals surface area contributed by atoms with Crippen molar-refractivity contribution in [3.05, 3.63) is 65.5 Å². The summed E-state index contributed by atoms with van der Waals surface area (Å²) in [6, 6.07) is 11.8. The summed E-state index contributed by atoms with van der Waals surface area (Å²) in [5, 5.41) is 2.98. The molecular weight excluding hydrogens is 236 g/mol. The minimum atomic E-state index is -0.0216. The van der Waals surface area contributed by atoms with Gasteiger partial charge in [0.1, 0.15) is 0 Å². The van der Waals surface area contributed by atoms with Gasteiger partial charge < -0.3 is 5.32 Å². The highest BCUT2D eigenvalue weighted by Crippen LogP contribution is 2.10. The Morgan fingerprint density at radius 3 is 2.63 bits per heavy atom. The van der Waals surface area contributed by atoms with Crippen LogP contribution in [0.4, 0.5) is 0 Å². The molecule has 1 N–H and O–H groups in total. The van der Waals surface area contributed by atoms with E-state index in [0.29, 0.717) is 6.42 Å². The molecule has 0 aliphatic carbocycles. The van der Waals surface area contributed by atoms with Crippen molar-refractivity contribution in [3.8, 4) is 0 Å². The molecule has 0 saturated heterocycles. The van der Waals surface area contributed by atoms with Crippen LogP contribution in [0.1, 0.15) is 29.7 Å². The van der Waals surface area contributed by atoms with Crippen molar-refractivity contribution in [1.82, 2.24) is 10.3 Å². The second kappa shape index (κ2) is 6.14. The summed E-state index contributed by atoms with van der Waals surface area (Å²) in [5.41, 5.74) is 3.24. The summed E-state index contributed by atoms with van der Waals surface area (Å²) in [7, 11) is 0. The highest BCUT2D eigenvalue weighted by atomic mass is 16.1. The summed E-state index contributed by atoms with van der Waals surface area (Å²) in [4.78, 5) is 16.0. The number of aryl methyl sites for hydroxylation is 1. The van der Waals surface area contributed by atoms with Crippen LogP contribution in [0.15, 0.2) is 48.8 Å². The Labute approximate surface area is 113 Å². The summed E-state index contributed by atoms with van der Waals surface area (Å²) in [5.74, 6) is 0.0280. The van der Waals surface area contributed by atoms with Crippen LogP contribution < -0.4 is 5.32 Å². The van der Waals surface area contributed by atoms with Gasteiger partial charge in [-0.05, 0) is 31.0 Å². The first kappa shape index (κ1) is 13.3. The van der Waals surface area contributed by atoms with Gasteiger partial charge in [-0.3, -0.25) is 9.78 Å². The standard InChI is InChI=1S/C16H18N2O/c1-12-5-7-14(8-6-12)10-16(19)18-13(2)15-4-3-9-17-11-15/h3-9,11,13H,10H2,1-2H3,(H,18,19). The number of hydrogen-bond acceptors (Lipinski definition) is 2. The molecule has 3 heteroatoms. The normalized spacial score (nSPS) is 11.9. The van der Waals surface area contributed by atoms with Gasteiger partial charge in [0.25, 0.3) is 0 Å². The number of carbonyl (C=O) groups is 1. The van der Waals surface area contributed by atoms with Crippen LogP contribution in [0.3, 0.4) is 0 Å². The maximum atomic E-state index is 11.9. The van der Waals surface area contributed by atoms with E-state index in [-0.39, 0.29) is 11.9 Å². The van der Waals surface area contributed by atoms with E-state index >= 15 is 0 Å². The molecule has 1 unspecified atom stereocenters. The second-order valence-electron chi connectivity index (χ2n) is 4.74. The zero-order valence-electron chi connectivity index (χ0n) is 11.3. The zero-order chi connectivity index (χ0) is 13.7. The van der Waals surface area contributed by atoms with E-state index in [1.54, 1.807) is 12.4 Å². The molecule has 98 valence electrons. The Bertz CT molecular complexity index is 534. The van der Waals surface area contributed by atoms with Gasteiger partial charge in [0.15, 0.2) is 0 Å². The molecule has 0 fully saturated rings. The maximum absolute atomic E-state index is 11.9. The average molecular weight is 254 g/mol. The van der Waals surface area contributed by atoms with Crippen molar-refractivity contribution in [2.45, 2.75) is 26.3 Å². The number of nitrogens with one attached hydrogen (secondary N) is 1. The monoisotopic (exact) mass is 254 g/mol. The molecule has 0 radical (unpaired) electrons. The van der Waals surface area contributed by atoms with Gasteiger partial charge >= 0.3 is 0 Å². The molecule has 1 amide bonds. The number of benzene rings is 1. The molecule has 1 aromatic carbocycles. The van der Waals surface area contributed by atoms with Crippen molar-refractivity contribution in [2.75, 3.05) is 0 Å². The van der Waals surface area contributed by atoms with Crippen LogP contribution >= 0.6 is 0 Å². The van der Waals surface area contributed by atoms with Gasteiger partial charge in [-0.25, -0.2) is 0 Å². The summed E-state index contributed by atoms with van der Waals surface area (Å²) in [6.07, 6.45) is 3.91. The van der Waals surface area contributed by atoms with Gasteiger partial charge in [0.05, 0.1) is 12.5 Å². The molecular formula is C16H18N2O. The van der Waals surface area contributed by atoms with Crippen molar-refractivity contribution >= 4 is 5.91 Å². The maximum Gasteiger partial charge on any atom is 0.224 e. The lowest BCUT2D eigenvalue weighted by atomic mass is 10.1. The van der Waals surface area contributed by atoms with Crippen LogP contribution in [0.5, 0.6) is 0 Å². The van der Waals surface area contributed by atoms with Crippen LogP contribution in [-0.2, 0) is 11.2 Å². The third-order valence-corrected chi connectivity index (χ3v) is 3.05. The van der Waals surface area contributed by atoms with Gasteiger partial charge in [0, 0.05) is 12.4 Å². The first-order chi connectivity index (χ1) is 9.15. The number of nitrogens with zero attached hydrogens (tertiary/aromatic N) is 1. The van der Waals surface area contributed by atoms with Gasteiger partial charge in [0.2, 0.25) is 5.91 Å². The molecule has 0 aliphatic heterocycles. The van der Waals surface area contributed by atoms with Crippen molar-refractivity contribution in [2.24, 2.45) is 0 Å². The lowest BCUT2D eigenvalue weighted by molar-refractivity contribution is -0.121. The predicted octanol–water partition coefficient (Wildman–Crippen LogP) is 2.81. The predicted molar refractivity (Wildman–Crippen MR) is 75.7 cm³/mol.